The second kappa shape index (κ2) is 5.11. The third-order valence-electron chi connectivity index (χ3n) is 6.70. The highest BCUT2D eigenvalue weighted by Crippen LogP contribution is 2.46. The molecule has 0 aromatic heterocycles. The summed E-state index contributed by atoms with van der Waals surface area (Å²) in [7, 11) is 0. The second-order valence-electron chi connectivity index (χ2n) is 7.87. The molecule has 0 aliphatic heterocycles. The summed E-state index contributed by atoms with van der Waals surface area (Å²) in [5.74, 6) is 1.86. The van der Waals surface area contributed by atoms with E-state index in [0.717, 1.165) is 11.8 Å². The lowest BCUT2D eigenvalue weighted by atomic mass is 9.67. The molecule has 5 rings (SSSR count). The molecular weight excluding hydrogens is 264 g/mol. The first-order valence-electron chi connectivity index (χ1n) is 9.47. The highest BCUT2D eigenvalue weighted by Gasteiger charge is 2.31. The minimum atomic E-state index is 0.873. The van der Waals surface area contributed by atoms with Gasteiger partial charge in [0.15, 0.2) is 0 Å². The number of hydrogen-bond donors (Lipinski definition) is 0. The van der Waals surface area contributed by atoms with Gasteiger partial charge in [-0.2, -0.15) is 0 Å². The summed E-state index contributed by atoms with van der Waals surface area (Å²) in [6.07, 6.45) is 14.0. The highest BCUT2D eigenvalue weighted by atomic mass is 14.4. The van der Waals surface area contributed by atoms with Crippen LogP contribution < -0.4 is 0 Å². The molecule has 2 atom stereocenters. The molecule has 0 bridgehead atoms. The van der Waals surface area contributed by atoms with Crippen LogP contribution in [0.15, 0.2) is 24.3 Å². The van der Waals surface area contributed by atoms with Gasteiger partial charge in [-0.05, 0) is 96.2 Å². The third-order valence-corrected chi connectivity index (χ3v) is 6.70. The molecular formula is C22H26. The predicted octanol–water partition coefficient (Wildman–Crippen LogP) is 5.94. The van der Waals surface area contributed by atoms with Crippen LogP contribution in [-0.2, 0) is 19.3 Å². The van der Waals surface area contributed by atoms with Crippen molar-refractivity contribution < 1.29 is 0 Å². The molecule has 0 radical (unpaired) electrons. The SMILES string of the molecule is c1cc2cc3c(cc2c2c1CCCC2)CCC1CCCCC31. The minimum absolute atomic E-state index is 0.873. The molecule has 0 heterocycles. The Labute approximate surface area is 133 Å². The van der Waals surface area contributed by atoms with E-state index in [1.165, 1.54) is 69.6 Å². The van der Waals surface area contributed by atoms with Gasteiger partial charge < -0.3 is 0 Å². The zero-order valence-corrected chi connectivity index (χ0v) is 13.5. The Balaban J connectivity index is 1.68. The standard InChI is InChI=1S/C22H26/c1-3-7-19-15(5-1)9-11-17-14-22-18(13-21(17)19)12-10-16-6-2-4-8-20(16)22/h9,11,13-14,16,20H,1-8,10,12H2. The molecule has 2 aromatic carbocycles. The Kier molecular flexibility index (Phi) is 3.06. The van der Waals surface area contributed by atoms with Gasteiger partial charge in [0, 0.05) is 0 Å². The molecule has 114 valence electrons. The zero-order chi connectivity index (χ0) is 14.5. The van der Waals surface area contributed by atoms with Gasteiger partial charge in [0.2, 0.25) is 0 Å². The van der Waals surface area contributed by atoms with E-state index in [4.69, 9.17) is 0 Å². The number of fused-ring (bicyclic) bond motifs is 6. The van der Waals surface area contributed by atoms with Crippen LogP contribution >= 0.6 is 0 Å². The van der Waals surface area contributed by atoms with Crippen molar-refractivity contribution in [1.82, 2.24) is 0 Å². The molecule has 0 nitrogen and oxygen atoms in total. The zero-order valence-electron chi connectivity index (χ0n) is 13.5. The van der Waals surface area contributed by atoms with Gasteiger partial charge in [-0.1, -0.05) is 37.1 Å². The van der Waals surface area contributed by atoms with Crippen LogP contribution in [0.4, 0.5) is 0 Å². The van der Waals surface area contributed by atoms with Gasteiger partial charge >= 0.3 is 0 Å². The van der Waals surface area contributed by atoms with Crippen molar-refractivity contribution in [1.29, 1.82) is 0 Å². The lowest BCUT2D eigenvalue weighted by Gasteiger charge is -2.37. The summed E-state index contributed by atoms with van der Waals surface area (Å²) in [4.78, 5) is 0. The summed E-state index contributed by atoms with van der Waals surface area (Å²) in [5.41, 5.74) is 6.72. The van der Waals surface area contributed by atoms with Crippen molar-refractivity contribution in [2.75, 3.05) is 0 Å². The number of benzene rings is 2. The van der Waals surface area contributed by atoms with Crippen LogP contribution in [0, 0.1) is 5.92 Å². The fraction of sp³-hybridized carbons (Fsp3) is 0.545. The Hall–Kier alpha value is -1.30. The molecule has 2 aromatic rings. The average molecular weight is 290 g/mol. The molecule has 0 heteroatoms. The van der Waals surface area contributed by atoms with Gasteiger partial charge in [0.25, 0.3) is 0 Å². The van der Waals surface area contributed by atoms with Crippen LogP contribution in [0.3, 0.4) is 0 Å². The van der Waals surface area contributed by atoms with E-state index < -0.39 is 0 Å². The lowest BCUT2D eigenvalue weighted by Crippen LogP contribution is -2.24. The van der Waals surface area contributed by atoms with Gasteiger partial charge in [-0.25, -0.2) is 0 Å². The van der Waals surface area contributed by atoms with E-state index in [1.807, 2.05) is 0 Å². The molecule has 1 saturated carbocycles. The van der Waals surface area contributed by atoms with Crippen molar-refractivity contribution in [3.8, 4) is 0 Å². The van der Waals surface area contributed by atoms with E-state index in [2.05, 4.69) is 24.3 Å². The maximum absolute atomic E-state index is 2.60. The van der Waals surface area contributed by atoms with Gasteiger partial charge in [0.05, 0.1) is 0 Å². The van der Waals surface area contributed by atoms with Crippen molar-refractivity contribution in [3.05, 3.63) is 46.5 Å². The van der Waals surface area contributed by atoms with E-state index in [1.54, 1.807) is 27.6 Å². The van der Waals surface area contributed by atoms with Crippen LogP contribution in [0.5, 0.6) is 0 Å². The van der Waals surface area contributed by atoms with Crippen molar-refractivity contribution in [2.24, 2.45) is 5.92 Å². The number of hydrogen-bond acceptors (Lipinski definition) is 0. The summed E-state index contributed by atoms with van der Waals surface area (Å²) in [5, 5.41) is 3.11. The average Bonchev–Trinajstić information content (AvgIpc) is 2.60. The third kappa shape index (κ3) is 1.96. The molecule has 3 aliphatic rings. The van der Waals surface area contributed by atoms with Gasteiger partial charge in [0.1, 0.15) is 0 Å². The normalized spacial score (nSPS) is 27.1. The number of rotatable bonds is 0. The highest BCUT2D eigenvalue weighted by molar-refractivity contribution is 5.88. The van der Waals surface area contributed by atoms with E-state index >= 15 is 0 Å². The summed E-state index contributed by atoms with van der Waals surface area (Å²) in [6.45, 7) is 0. The molecule has 22 heavy (non-hydrogen) atoms. The van der Waals surface area contributed by atoms with E-state index in [0.29, 0.717) is 0 Å². The van der Waals surface area contributed by atoms with Crippen LogP contribution in [0.25, 0.3) is 10.8 Å². The largest absolute Gasteiger partial charge is 0.0581 e. The maximum atomic E-state index is 2.60. The smallest absolute Gasteiger partial charge is 0.0131 e. The molecule has 1 fully saturated rings. The van der Waals surface area contributed by atoms with Crippen molar-refractivity contribution >= 4 is 10.8 Å². The first-order chi connectivity index (χ1) is 10.9. The fourth-order valence-corrected chi connectivity index (χ4v) is 5.55. The molecule has 0 N–H and O–H groups in total. The molecule has 0 spiro atoms. The minimum Gasteiger partial charge on any atom is -0.0581 e. The fourth-order valence-electron chi connectivity index (χ4n) is 5.55. The van der Waals surface area contributed by atoms with Gasteiger partial charge in [-0.15, -0.1) is 0 Å². The summed E-state index contributed by atoms with van der Waals surface area (Å²) >= 11 is 0. The lowest BCUT2D eigenvalue weighted by molar-refractivity contribution is 0.276. The molecule has 0 amide bonds. The Morgan fingerprint density at radius 2 is 1.64 bits per heavy atom. The Morgan fingerprint density at radius 1 is 0.727 bits per heavy atom. The molecule has 2 unspecified atom stereocenters. The first kappa shape index (κ1) is 13.2. The summed E-state index contributed by atoms with van der Waals surface area (Å²) < 4.78 is 0. The Morgan fingerprint density at radius 3 is 2.64 bits per heavy atom. The topological polar surface area (TPSA) is 0 Å². The quantitative estimate of drug-likeness (QED) is 0.563. The maximum Gasteiger partial charge on any atom is -0.0131 e. The summed E-state index contributed by atoms with van der Waals surface area (Å²) in [6, 6.07) is 10.0. The molecule has 3 aliphatic carbocycles. The van der Waals surface area contributed by atoms with Crippen LogP contribution in [0.2, 0.25) is 0 Å². The Bertz CT molecular complexity index is 724. The first-order valence-corrected chi connectivity index (χ1v) is 9.47. The van der Waals surface area contributed by atoms with Crippen LogP contribution in [0.1, 0.15) is 73.1 Å². The van der Waals surface area contributed by atoms with Crippen molar-refractivity contribution in [3.63, 3.8) is 0 Å². The number of aryl methyl sites for hydroxylation is 3. The predicted molar refractivity (Wildman–Crippen MR) is 93.6 cm³/mol. The molecule has 0 saturated heterocycles. The van der Waals surface area contributed by atoms with E-state index in [-0.39, 0.29) is 0 Å². The monoisotopic (exact) mass is 290 g/mol. The second-order valence-corrected chi connectivity index (χ2v) is 7.87. The van der Waals surface area contributed by atoms with E-state index in [9.17, 15) is 0 Å². The van der Waals surface area contributed by atoms with Gasteiger partial charge in [-0.3, -0.25) is 0 Å². The van der Waals surface area contributed by atoms with Crippen LogP contribution in [-0.4, -0.2) is 0 Å². The van der Waals surface area contributed by atoms with Crippen molar-refractivity contribution in [2.45, 2.75) is 70.1 Å².